The number of anilines is 3. The van der Waals surface area contributed by atoms with Crippen molar-refractivity contribution in [2.45, 2.75) is 6.92 Å². The minimum Gasteiger partial charge on any atom is -0.493 e. The molecule has 0 bridgehead atoms. The molecule has 0 radical (unpaired) electrons. The number of benzene rings is 3. The van der Waals surface area contributed by atoms with Crippen LogP contribution < -0.4 is 14.6 Å². The predicted octanol–water partition coefficient (Wildman–Crippen LogP) is 5.32. The number of hydrazone groups is 1. The van der Waals surface area contributed by atoms with Crippen LogP contribution in [0.1, 0.15) is 12.5 Å². The molecule has 0 aliphatic carbocycles. The Morgan fingerprint density at radius 1 is 0.815 bits per heavy atom. The molecule has 4 nitrogen and oxygen atoms in total. The molecule has 3 rings (SSSR count). The molecule has 0 heterocycles. The molecule has 0 saturated heterocycles. The van der Waals surface area contributed by atoms with E-state index in [9.17, 15) is 0 Å². The first-order chi connectivity index (χ1) is 13.2. The third kappa shape index (κ3) is 4.67. The van der Waals surface area contributed by atoms with Gasteiger partial charge >= 0.3 is 0 Å². The Morgan fingerprint density at radius 3 is 1.93 bits per heavy atom. The molecule has 0 aliphatic heterocycles. The van der Waals surface area contributed by atoms with Gasteiger partial charge in [-0.3, -0.25) is 0 Å². The van der Waals surface area contributed by atoms with Crippen LogP contribution in [0.25, 0.3) is 0 Å². The van der Waals surface area contributed by atoms with Crippen LogP contribution in [0, 0.1) is 0 Å². The summed E-state index contributed by atoms with van der Waals surface area (Å²) < 4.78 is 5.84. The van der Waals surface area contributed by atoms with Crippen LogP contribution in [0.2, 0.25) is 0 Å². The van der Waals surface area contributed by atoms with Gasteiger partial charge in [-0.25, -0.2) is 5.01 Å². The van der Waals surface area contributed by atoms with Crippen molar-refractivity contribution in [2.75, 3.05) is 30.6 Å². The van der Waals surface area contributed by atoms with E-state index in [0.29, 0.717) is 6.61 Å². The van der Waals surface area contributed by atoms with Crippen LogP contribution in [0.5, 0.6) is 5.75 Å². The third-order valence-corrected chi connectivity index (χ3v) is 4.13. The lowest BCUT2D eigenvalue weighted by molar-refractivity contribution is 0.340. The van der Waals surface area contributed by atoms with E-state index in [2.05, 4.69) is 11.0 Å². The molecular weight excluding hydrogens is 334 g/mol. The van der Waals surface area contributed by atoms with E-state index in [1.165, 1.54) is 0 Å². The molecule has 27 heavy (non-hydrogen) atoms. The number of ether oxygens (including phenoxy) is 1. The van der Waals surface area contributed by atoms with Gasteiger partial charge in [-0.2, -0.15) is 5.10 Å². The molecule has 0 atom stereocenters. The van der Waals surface area contributed by atoms with Crippen molar-refractivity contribution in [1.82, 2.24) is 0 Å². The van der Waals surface area contributed by atoms with E-state index in [4.69, 9.17) is 9.84 Å². The lowest BCUT2D eigenvalue weighted by Gasteiger charge is -2.20. The van der Waals surface area contributed by atoms with Crippen molar-refractivity contribution in [1.29, 1.82) is 0 Å². The molecule has 0 aromatic heterocycles. The summed E-state index contributed by atoms with van der Waals surface area (Å²) in [6, 6.07) is 26.4. The highest BCUT2D eigenvalue weighted by molar-refractivity contribution is 5.86. The third-order valence-electron chi connectivity index (χ3n) is 4.13. The van der Waals surface area contributed by atoms with Crippen LogP contribution >= 0.6 is 0 Å². The summed E-state index contributed by atoms with van der Waals surface area (Å²) in [4.78, 5) is 2.06. The van der Waals surface area contributed by atoms with Gasteiger partial charge in [-0.1, -0.05) is 36.4 Å². The fourth-order valence-electron chi connectivity index (χ4n) is 2.73. The van der Waals surface area contributed by atoms with Gasteiger partial charge in [0.2, 0.25) is 0 Å². The van der Waals surface area contributed by atoms with Crippen LogP contribution in [0.3, 0.4) is 0 Å². The molecule has 0 amide bonds. The van der Waals surface area contributed by atoms with E-state index >= 15 is 0 Å². The van der Waals surface area contributed by atoms with Crippen molar-refractivity contribution in [3.63, 3.8) is 0 Å². The monoisotopic (exact) mass is 359 g/mol. The smallest absolute Gasteiger partial charge is 0.130 e. The maximum absolute atomic E-state index is 5.84. The van der Waals surface area contributed by atoms with Crippen LogP contribution in [-0.2, 0) is 0 Å². The Morgan fingerprint density at radius 2 is 1.41 bits per heavy atom. The highest BCUT2D eigenvalue weighted by Crippen LogP contribution is 2.27. The van der Waals surface area contributed by atoms with E-state index < -0.39 is 0 Å². The molecule has 0 fully saturated rings. The lowest BCUT2D eigenvalue weighted by atomic mass is 10.2. The first-order valence-electron chi connectivity index (χ1n) is 9.07. The second-order valence-electron chi connectivity index (χ2n) is 6.28. The summed E-state index contributed by atoms with van der Waals surface area (Å²) >= 11 is 0. The van der Waals surface area contributed by atoms with Crippen molar-refractivity contribution in [2.24, 2.45) is 5.10 Å². The summed E-state index contributed by atoms with van der Waals surface area (Å²) in [5.41, 5.74) is 4.04. The van der Waals surface area contributed by atoms with Crippen LogP contribution in [0.15, 0.2) is 84.0 Å². The number of hydrogen-bond acceptors (Lipinski definition) is 4. The molecule has 4 heteroatoms. The van der Waals surface area contributed by atoms with E-state index in [-0.39, 0.29) is 0 Å². The molecule has 3 aromatic rings. The van der Waals surface area contributed by atoms with E-state index in [0.717, 1.165) is 28.4 Å². The topological polar surface area (TPSA) is 28.1 Å². The Balaban J connectivity index is 1.97. The zero-order chi connectivity index (χ0) is 19.1. The van der Waals surface area contributed by atoms with Gasteiger partial charge in [0.25, 0.3) is 0 Å². The van der Waals surface area contributed by atoms with Crippen molar-refractivity contribution in [3.05, 3.63) is 84.4 Å². The largest absolute Gasteiger partial charge is 0.493 e. The number of rotatable bonds is 7. The van der Waals surface area contributed by atoms with Crippen molar-refractivity contribution >= 4 is 23.3 Å². The number of nitrogens with zero attached hydrogens (tertiary/aromatic N) is 3. The van der Waals surface area contributed by atoms with Gasteiger partial charge in [0.15, 0.2) is 0 Å². The lowest BCUT2D eigenvalue weighted by Crippen LogP contribution is -2.11. The highest BCUT2D eigenvalue weighted by atomic mass is 16.5. The zero-order valence-corrected chi connectivity index (χ0v) is 16.0. The number of para-hydroxylation sites is 2. The quantitative estimate of drug-likeness (QED) is 0.422. The predicted molar refractivity (Wildman–Crippen MR) is 115 cm³/mol. The summed E-state index contributed by atoms with van der Waals surface area (Å²) in [6.45, 7) is 2.60. The Labute approximate surface area is 161 Å². The van der Waals surface area contributed by atoms with Gasteiger partial charge in [-0.05, 0) is 43.3 Å². The highest BCUT2D eigenvalue weighted by Gasteiger charge is 2.09. The standard InChI is InChI=1S/C23H25N3O/c1-4-27-23-17-22(25(2)3)16-15-19(23)18-24-26(20-11-7-5-8-12-20)21-13-9-6-10-14-21/h5-18H,4H2,1-3H3/b24-18+. The van der Waals surface area contributed by atoms with Crippen LogP contribution in [-0.4, -0.2) is 26.9 Å². The summed E-state index contributed by atoms with van der Waals surface area (Å²) in [5, 5.41) is 6.69. The van der Waals surface area contributed by atoms with E-state index in [1.807, 2.05) is 105 Å². The molecule has 0 saturated carbocycles. The van der Waals surface area contributed by atoms with Gasteiger partial charge in [-0.15, -0.1) is 0 Å². The molecule has 3 aromatic carbocycles. The maximum atomic E-state index is 5.84. The normalized spacial score (nSPS) is 10.8. The van der Waals surface area contributed by atoms with Gasteiger partial charge in [0.1, 0.15) is 5.75 Å². The summed E-state index contributed by atoms with van der Waals surface area (Å²) in [5.74, 6) is 0.827. The van der Waals surface area contributed by atoms with Crippen LogP contribution in [0.4, 0.5) is 17.1 Å². The molecular formula is C23H25N3O. The van der Waals surface area contributed by atoms with Crippen molar-refractivity contribution in [3.8, 4) is 5.75 Å². The fourth-order valence-corrected chi connectivity index (χ4v) is 2.73. The summed E-state index contributed by atoms with van der Waals surface area (Å²) in [7, 11) is 4.04. The van der Waals surface area contributed by atoms with Gasteiger partial charge in [0.05, 0.1) is 24.2 Å². The first-order valence-corrected chi connectivity index (χ1v) is 9.07. The minimum absolute atomic E-state index is 0.610. The molecule has 0 aliphatic rings. The Hall–Kier alpha value is -3.27. The van der Waals surface area contributed by atoms with Gasteiger partial charge < -0.3 is 9.64 Å². The Kier molecular flexibility index (Phi) is 6.10. The molecule has 0 spiro atoms. The average molecular weight is 359 g/mol. The second-order valence-corrected chi connectivity index (χ2v) is 6.28. The van der Waals surface area contributed by atoms with Gasteiger partial charge in [0, 0.05) is 31.4 Å². The minimum atomic E-state index is 0.610. The Bertz CT molecular complexity index is 837. The maximum Gasteiger partial charge on any atom is 0.130 e. The van der Waals surface area contributed by atoms with E-state index in [1.54, 1.807) is 0 Å². The average Bonchev–Trinajstić information content (AvgIpc) is 2.71. The second kappa shape index (κ2) is 8.90. The molecule has 0 N–H and O–H groups in total. The van der Waals surface area contributed by atoms with Crippen molar-refractivity contribution < 1.29 is 4.74 Å². The molecule has 0 unspecified atom stereocenters. The zero-order valence-electron chi connectivity index (χ0n) is 16.0. The summed E-state index contributed by atoms with van der Waals surface area (Å²) in [6.07, 6.45) is 1.85. The fraction of sp³-hybridized carbons (Fsp3) is 0.174. The molecule has 138 valence electrons. The number of hydrogen-bond donors (Lipinski definition) is 0. The first kappa shape index (κ1) is 18.5. The SMILES string of the molecule is CCOc1cc(N(C)C)ccc1/C=N/N(c1ccccc1)c1ccccc1.